The molecule has 3 aromatic rings. The molecular formula is C41H51N5O8S. The first kappa shape index (κ1) is 41.2. The van der Waals surface area contributed by atoms with Gasteiger partial charge < -0.3 is 30.3 Å². The van der Waals surface area contributed by atoms with Crippen molar-refractivity contribution in [1.29, 1.82) is 0 Å². The van der Waals surface area contributed by atoms with E-state index < -0.39 is 59.4 Å². The smallest absolute Gasteiger partial charge is 0.305 e. The Hall–Kier alpha value is -4.95. The number of thiazole rings is 1. The Morgan fingerprint density at radius 1 is 0.982 bits per heavy atom. The highest BCUT2D eigenvalue weighted by Gasteiger charge is 2.51. The van der Waals surface area contributed by atoms with Crippen molar-refractivity contribution in [3.05, 3.63) is 87.9 Å². The maximum Gasteiger partial charge on any atom is 0.305 e. The van der Waals surface area contributed by atoms with Crippen molar-refractivity contribution in [2.24, 2.45) is 5.92 Å². The maximum absolute atomic E-state index is 14.2. The first-order valence-electron chi connectivity index (χ1n) is 18.9. The SMILES string of the molecule is CCC(=O)OCc1ncc(C(=O)N[C@@H](CCc2ccccc2)C(=O)N[C@H]2CC(C)N([C@@H](Cc3ccccc3)C(=O)N[C@@H](CC(C)C)C(=O)C3(C)CO3)C2=O)s1. The van der Waals surface area contributed by atoms with Gasteiger partial charge in [-0.05, 0) is 56.6 Å². The summed E-state index contributed by atoms with van der Waals surface area (Å²) in [5, 5.41) is 9.11. The number of nitrogens with zero attached hydrogens (tertiary/aromatic N) is 2. The molecule has 2 aliphatic heterocycles. The minimum Gasteiger partial charge on any atom is -0.458 e. The van der Waals surface area contributed by atoms with Gasteiger partial charge in [0.25, 0.3) is 5.91 Å². The summed E-state index contributed by atoms with van der Waals surface area (Å²) in [5.41, 5.74) is 0.861. The number of Topliss-reactive ketones (excluding diaryl/α,β-unsaturated/α-hetero) is 1. The van der Waals surface area contributed by atoms with Gasteiger partial charge >= 0.3 is 5.97 Å². The molecule has 294 valence electrons. The molecule has 3 heterocycles. The lowest BCUT2D eigenvalue weighted by Gasteiger charge is -2.33. The normalized spacial score (nSPS) is 20.7. The highest BCUT2D eigenvalue weighted by molar-refractivity contribution is 7.13. The molecule has 2 unspecified atom stereocenters. The molecule has 2 aromatic carbocycles. The lowest BCUT2D eigenvalue weighted by Crippen LogP contribution is -2.57. The molecule has 0 radical (unpaired) electrons. The Morgan fingerprint density at radius 2 is 1.64 bits per heavy atom. The highest BCUT2D eigenvalue weighted by atomic mass is 32.1. The number of nitrogens with one attached hydrogen (secondary N) is 3. The molecule has 5 rings (SSSR count). The van der Waals surface area contributed by atoms with Crippen molar-refractivity contribution in [2.75, 3.05) is 6.61 Å². The van der Waals surface area contributed by atoms with Crippen LogP contribution in [0.3, 0.4) is 0 Å². The number of rotatable bonds is 19. The van der Waals surface area contributed by atoms with Gasteiger partial charge in [-0.1, -0.05) is 81.4 Å². The van der Waals surface area contributed by atoms with Crippen LogP contribution < -0.4 is 16.0 Å². The maximum atomic E-state index is 14.2. The molecule has 0 spiro atoms. The second-order valence-corrected chi connectivity index (χ2v) is 16.0. The average Bonchev–Trinajstić information content (AvgIpc) is 3.63. The number of esters is 1. The van der Waals surface area contributed by atoms with Crippen LogP contribution in [-0.4, -0.2) is 87.7 Å². The molecule has 0 saturated carbocycles. The molecule has 2 aliphatic rings. The fourth-order valence-electron chi connectivity index (χ4n) is 6.73. The largest absolute Gasteiger partial charge is 0.458 e. The zero-order chi connectivity index (χ0) is 39.7. The molecule has 2 fully saturated rings. The van der Waals surface area contributed by atoms with E-state index in [1.165, 1.54) is 11.1 Å². The number of ketones is 1. The van der Waals surface area contributed by atoms with Crippen molar-refractivity contribution in [2.45, 2.75) is 116 Å². The Morgan fingerprint density at radius 3 is 2.25 bits per heavy atom. The van der Waals surface area contributed by atoms with Crippen molar-refractivity contribution in [3.8, 4) is 0 Å². The van der Waals surface area contributed by atoms with Gasteiger partial charge in [0.1, 0.15) is 40.2 Å². The van der Waals surface area contributed by atoms with Gasteiger partial charge in [-0.3, -0.25) is 28.8 Å². The number of ether oxygens (including phenoxy) is 2. The highest BCUT2D eigenvalue weighted by Crippen LogP contribution is 2.30. The zero-order valence-electron chi connectivity index (χ0n) is 32.0. The van der Waals surface area contributed by atoms with Crippen LogP contribution in [0.15, 0.2) is 66.9 Å². The quantitative estimate of drug-likeness (QED) is 0.120. The lowest BCUT2D eigenvalue weighted by molar-refractivity contribution is -0.144. The van der Waals surface area contributed by atoms with Gasteiger partial charge in [0, 0.05) is 18.9 Å². The van der Waals surface area contributed by atoms with E-state index in [0.717, 1.165) is 22.5 Å². The van der Waals surface area contributed by atoms with E-state index in [4.69, 9.17) is 9.47 Å². The third kappa shape index (κ3) is 11.1. The monoisotopic (exact) mass is 773 g/mol. The number of carbonyl (C=O) groups is 6. The van der Waals surface area contributed by atoms with Gasteiger partial charge in [-0.15, -0.1) is 11.3 Å². The number of benzene rings is 2. The summed E-state index contributed by atoms with van der Waals surface area (Å²) in [6.07, 6.45) is 3.15. The van der Waals surface area contributed by atoms with Crippen LogP contribution in [0.25, 0.3) is 0 Å². The van der Waals surface area contributed by atoms with Gasteiger partial charge in [0.2, 0.25) is 17.7 Å². The molecule has 6 atom stereocenters. The average molecular weight is 774 g/mol. The predicted octanol–water partition coefficient (Wildman–Crippen LogP) is 3.93. The molecule has 3 N–H and O–H groups in total. The summed E-state index contributed by atoms with van der Waals surface area (Å²) in [6, 6.07) is 14.7. The number of aryl methyl sites for hydroxylation is 1. The number of carbonyl (C=O) groups excluding carboxylic acids is 6. The van der Waals surface area contributed by atoms with Crippen LogP contribution in [-0.2, 0) is 52.9 Å². The molecule has 0 aliphatic carbocycles. The predicted molar refractivity (Wildman–Crippen MR) is 206 cm³/mol. The van der Waals surface area contributed by atoms with Crippen molar-refractivity contribution < 1.29 is 38.2 Å². The van der Waals surface area contributed by atoms with Crippen LogP contribution in [0.1, 0.15) is 86.1 Å². The molecular weight excluding hydrogens is 723 g/mol. The van der Waals surface area contributed by atoms with Crippen LogP contribution in [0.5, 0.6) is 0 Å². The van der Waals surface area contributed by atoms with Gasteiger partial charge in [0.05, 0.1) is 18.8 Å². The molecule has 2 saturated heterocycles. The molecule has 55 heavy (non-hydrogen) atoms. The third-order valence-corrected chi connectivity index (χ3v) is 10.8. The van der Waals surface area contributed by atoms with E-state index >= 15 is 0 Å². The van der Waals surface area contributed by atoms with E-state index in [9.17, 15) is 28.8 Å². The van der Waals surface area contributed by atoms with Crippen molar-refractivity contribution >= 4 is 46.7 Å². The summed E-state index contributed by atoms with van der Waals surface area (Å²) in [5.74, 6) is -2.43. The van der Waals surface area contributed by atoms with E-state index in [0.29, 0.717) is 24.5 Å². The minimum absolute atomic E-state index is 0.0627. The van der Waals surface area contributed by atoms with Gasteiger partial charge in [0.15, 0.2) is 5.78 Å². The number of amides is 4. The molecule has 13 nitrogen and oxygen atoms in total. The topological polar surface area (TPSA) is 176 Å². The van der Waals surface area contributed by atoms with E-state index in [1.54, 1.807) is 13.8 Å². The molecule has 14 heteroatoms. The fraction of sp³-hybridized carbons (Fsp3) is 0.488. The number of aromatic nitrogens is 1. The third-order valence-electron chi connectivity index (χ3n) is 9.88. The van der Waals surface area contributed by atoms with Crippen LogP contribution >= 0.6 is 11.3 Å². The Kier molecular flexibility index (Phi) is 13.9. The molecule has 0 bridgehead atoms. The Labute approximate surface area is 325 Å². The van der Waals surface area contributed by atoms with Crippen molar-refractivity contribution in [1.82, 2.24) is 25.8 Å². The Bertz CT molecular complexity index is 1830. The van der Waals surface area contributed by atoms with E-state index in [2.05, 4.69) is 20.9 Å². The second-order valence-electron chi connectivity index (χ2n) is 14.9. The molecule has 4 amide bonds. The summed E-state index contributed by atoms with van der Waals surface area (Å²) in [4.78, 5) is 86.8. The summed E-state index contributed by atoms with van der Waals surface area (Å²) in [7, 11) is 0. The first-order valence-corrected chi connectivity index (χ1v) is 19.7. The number of hydrogen-bond acceptors (Lipinski definition) is 10. The van der Waals surface area contributed by atoms with E-state index in [-0.39, 0.29) is 54.8 Å². The molecule has 1 aromatic heterocycles. The lowest BCUT2D eigenvalue weighted by atomic mass is 9.92. The Balaban J connectivity index is 1.33. The first-order chi connectivity index (χ1) is 26.3. The number of epoxide rings is 1. The summed E-state index contributed by atoms with van der Waals surface area (Å²) < 4.78 is 10.6. The van der Waals surface area contributed by atoms with Crippen LogP contribution in [0, 0.1) is 5.92 Å². The zero-order valence-corrected chi connectivity index (χ0v) is 32.9. The summed E-state index contributed by atoms with van der Waals surface area (Å²) >= 11 is 1.06. The van der Waals surface area contributed by atoms with Gasteiger partial charge in [-0.2, -0.15) is 0 Å². The second kappa shape index (κ2) is 18.6. The summed E-state index contributed by atoms with van der Waals surface area (Å²) in [6.45, 7) is 9.40. The van der Waals surface area contributed by atoms with E-state index in [1.807, 2.05) is 81.4 Å². The van der Waals surface area contributed by atoms with Gasteiger partial charge in [-0.25, -0.2) is 4.98 Å². The van der Waals surface area contributed by atoms with Crippen molar-refractivity contribution in [3.63, 3.8) is 0 Å². The van der Waals surface area contributed by atoms with Crippen LogP contribution in [0.2, 0.25) is 0 Å². The minimum atomic E-state index is -1.01. The fourth-order valence-corrected chi connectivity index (χ4v) is 7.47. The standard InChI is InChI=1S/C41H51N5O8S/c1-6-35(47)53-23-34-42-22-33(55-34)39(51)43-29(18-17-27-13-9-7-10-14-27)37(49)45-31-20-26(4)46(40(31)52)32(21-28-15-11-8-12-16-28)38(50)44-30(19-25(2)3)36(48)41(5)24-54-41/h7-16,22,25-26,29-32H,6,17-21,23-24H2,1-5H3,(H,43,51)(H,44,50)(H,45,49)/t26?,29-,30-,31-,32-,41?/m0/s1. The number of likely N-dealkylation sites (tertiary alicyclic amines) is 1. The van der Waals surface area contributed by atoms with Crippen LogP contribution in [0.4, 0.5) is 0 Å². The number of hydrogen-bond donors (Lipinski definition) is 3.